The first-order valence-corrected chi connectivity index (χ1v) is 11.5. The monoisotopic (exact) mass is 567 g/mol. The summed E-state index contributed by atoms with van der Waals surface area (Å²) in [5, 5.41) is 12.0. The Morgan fingerprint density at radius 1 is 0.939 bits per heavy atom. The Balaban J connectivity index is 1.99. The van der Waals surface area contributed by atoms with Crippen LogP contribution in [0.15, 0.2) is 75.7 Å². The van der Waals surface area contributed by atoms with E-state index in [2.05, 4.69) is 37.2 Å². The maximum atomic E-state index is 13.7. The van der Waals surface area contributed by atoms with Gasteiger partial charge < -0.3 is 15.5 Å². The van der Waals surface area contributed by atoms with Gasteiger partial charge in [-0.15, -0.1) is 0 Å². The van der Waals surface area contributed by atoms with Crippen LogP contribution in [0, 0.1) is 5.41 Å². The molecule has 166 valence electrons. The Morgan fingerprint density at radius 2 is 1.55 bits per heavy atom. The minimum absolute atomic E-state index is 0.203. The number of hydrogen-bond acceptors (Lipinski definition) is 4. The van der Waals surface area contributed by atoms with E-state index in [1.165, 1.54) is 4.57 Å². The molecule has 2 N–H and O–H groups in total. The van der Waals surface area contributed by atoms with Gasteiger partial charge in [-0.1, -0.05) is 24.3 Å². The van der Waals surface area contributed by atoms with Gasteiger partial charge in [-0.3, -0.25) is 14.2 Å². The van der Waals surface area contributed by atoms with Crippen LogP contribution in [-0.2, 0) is 0 Å². The van der Waals surface area contributed by atoms with Crippen LogP contribution >= 0.6 is 31.9 Å². The summed E-state index contributed by atoms with van der Waals surface area (Å²) in [6.45, 7) is 1.62. The van der Waals surface area contributed by atoms with Crippen molar-refractivity contribution in [2.24, 2.45) is 0 Å². The molecule has 0 aliphatic heterocycles. The van der Waals surface area contributed by atoms with Crippen molar-refractivity contribution < 1.29 is 14.3 Å². The van der Waals surface area contributed by atoms with E-state index >= 15 is 0 Å². The van der Waals surface area contributed by atoms with E-state index < -0.39 is 5.91 Å². The summed E-state index contributed by atoms with van der Waals surface area (Å²) in [4.78, 5) is 27.0. The van der Waals surface area contributed by atoms with Crippen LogP contribution in [0.4, 0.5) is 5.82 Å². The zero-order chi connectivity index (χ0) is 23.7. The number of amides is 1. The smallest absolute Gasteiger partial charge is 0.265 e. The van der Waals surface area contributed by atoms with Crippen LogP contribution in [-0.4, -0.2) is 29.2 Å². The molecule has 1 amide bonds. The Kier molecular flexibility index (Phi) is 6.49. The predicted molar refractivity (Wildman–Crippen MR) is 137 cm³/mol. The number of aromatic nitrogens is 1. The molecule has 3 aromatic carbocycles. The van der Waals surface area contributed by atoms with E-state index in [0.717, 1.165) is 0 Å². The Morgan fingerprint density at radius 3 is 2.12 bits per heavy atom. The predicted octanol–water partition coefficient (Wildman–Crippen LogP) is 6.50. The lowest BCUT2D eigenvalue weighted by atomic mass is 10.1. The number of carbonyl (C=O) groups excluding carboxylic acids is 2. The highest BCUT2D eigenvalue weighted by Crippen LogP contribution is 2.35. The Bertz CT molecular complexity index is 1430. The topological polar surface area (TPSA) is 84.2 Å². The first-order valence-electron chi connectivity index (χ1n) is 9.96. The number of nitrogens with zero attached hydrogens (tertiary/aromatic N) is 1. The molecule has 0 bridgehead atoms. The van der Waals surface area contributed by atoms with Crippen LogP contribution in [0.25, 0.3) is 10.9 Å². The molecule has 0 aliphatic rings. The second-order valence-corrected chi connectivity index (χ2v) is 8.99. The Hall–Kier alpha value is -3.23. The molecule has 4 rings (SSSR count). The number of halogens is 2. The summed E-state index contributed by atoms with van der Waals surface area (Å²) >= 11 is 6.85. The number of rotatable bonds is 5. The fourth-order valence-electron chi connectivity index (χ4n) is 3.68. The second kappa shape index (κ2) is 9.33. The number of carbonyl (C=O) groups is 2. The van der Waals surface area contributed by atoms with Gasteiger partial charge in [-0.05, 0) is 81.2 Å². The molecule has 0 saturated carbocycles. The highest BCUT2D eigenvalue weighted by molar-refractivity contribution is 9.10. The van der Waals surface area contributed by atoms with Crippen molar-refractivity contribution in [2.75, 3.05) is 12.4 Å². The summed E-state index contributed by atoms with van der Waals surface area (Å²) in [5.41, 5.74) is 2.05. The molecule has 0 unspecified atom stereocenters. The van der Waals surface area contributed by atoms with Gasteiger partial charge >= 0.3 is 0 Å². The standard InChI is InChI=1S/C25H19Br2N3O3/c1-14(28)22-18-13-15(33-2)11-12-21(18)30(25(32)17-8-4-6-10-20(17)27)23(22)29-24(31)16-7-3-5-9-19(16)26/h3-13,28H,1-2H3,(H,29,31). The van der Waals surface area contributed by atoms with E-state index in [1.807, 2.05) is 12.1 Å². The number of ether oxygens (including phenoxy) is 1. The molecule has 0 aliphatic carbocycles. The molecular formula is C25H19Br2N3O3. The highest BCUT2D eigenvalue weighted by Gasteiger charge is 2.26. The maximum absolute atomic E-state index is 13.7. The lowest BCUT2D eigenvalue weighted by Crippen LogP contribution is -2.21. The highest BCUT2D eigenvalue weighted by atomic mass is 79.9. The van der Waals surface area contributed by atoms with Crippen LogP contribution < -0.4 is 10.1 Å². The van der Waals surface area contributed by atoms with Gasteiger partial charge in [0.25, 0.3) is 11.8 Å². The molecule has 33 heavy (non-hydrogen) atoms. The van der Waals surface area contributed by atoms with Gasteiger partial charge in [0, 0.05) is 25.6 Å². The summed E-state index contributed by atoms with van der Waals surface area (Å²) in [6.07, 6.45) is 0. The van der Waals surface area contributed by atoms with Crippen LogP contribution in [0.1, 0.15) is 33.2 Å². The number of methoxy groups -OCH3 is 1. The number of anilines is 1. The molecule has 4 aromatic rings. The molecule has 0 saturated heterocycles. The molecule has 0 atom stereocenters. The third-order valence-electron chi connectivity index (χ3n) is 5.21. The normalized spacial score (nSPS) is 10.8. The van der Waals surface area contributed by atoms with Gasteiger partial charge in [-0.25, -0.2) is 0 Å². The van der Waals surface area contributed by atoms with Gasteiger partial charge in [0.1, 0.15) is 11.6 Å². The molecule has 0 spiro atoms. The van der Waals surface area contributed by atoms with Crippen molar-refractivity contribution in [2.45, 2.75) is 6.92 Å². The van der Waals surface area contributed by atoms with E-state index in [9.17, 15) is 9.59 Å². The number of benzene rings is 3. The van der Waals surface area contributed by atoms with Crippen molar-refractivity contribution in [1.29, 1.82) is 5.41 Å². The van der Waals surface area contributed by atoms with E-state index in [-0.39, 0.29) is 17.4 Å². The van der Waals surface area contributed by atoms with Crippen LogP contribution in [0.3, 0.4) is 0 Å². The summed E-state index contributed by atoms with van der Waals surface area (Å²) < 4.78 is 8.06. The van der Waals surface area contributed by atoms with Crippen molar-refractivity contribution >= 4 is 66.1 Å². The third kappa shape index (κ3) is 4.24. The van der Waals surface area contributed by atoms with E-state index in [1.54, 1.807) is 68.6 Å². The Labute approximate surface area is 207 Å². The molecule has 1 aromatic heterocycles. The minimum Gasteiger partial charge on any atom is -0.497 e. The fraction of sp³-hybridized carbons (Fsp3) is 0.0800. The maximum Gasteiger partial charge on any atom is 0.265 e. The lowest BCUT2D eigenvalue weighted by molar-refractivity contribution is 0.0966. The quantitative estimate of drug-likeness (QED) is 0.269. The molecule has 0 radical (unpaired) electrons. The van der Waals surface area contributed by atoms with E-state index in [0.29, 0.717) is 42.3 Å². The third-order valence-corrected chi connectivity index (χ3v) is 6.59. The van der Waals surface area contributed by atoms with Crippen molar-refractivity contribution in [3.05, 3.63) is 92.4 Å². The van der Waals surface area contributed by atoms with Crippen LogP contribution in [0.5, 0.6) is 5.75 Å². The molecular weight excluding hydrogens is 550 g/mol. The van der Waals surface area contributed by atoms with Crippen molar-refractivity contribution in [1.82, 2.24) is 4.57 Å². The summed E-state index contributed by atoms with van der Waals surface area (Å²) in [6, 6.07) is 19.4. The molecule has 1 heterocycles. The first-order chi connectivity index (χ1) is 15.8. The van der Waals surface area contributed by atoms with E-state index in [4.69, 9.17) is 10.1 Å². The zero-order valence-corrected chi connectivity index (χ0v) is 21.0. The van der Waals surface area contributed by atoms with Gasteiger partial charge in [0.15, 0.2) is 0 Å². The molecule has 6 nitrogen and oxygen atoms in total. The second-order valence-electron chi connectivity index (χ2n) is 7.29. The average Bonchev–Trinajstić information content (AvgIpc) is 3.12. The SMILES string of the molecule is COc1ccc2c(c1)c(C(C)=N)c(NC(=O)c1ccccc1Br)n2C(=O)c1ccccc1Br. The molecule has 8 heteroatoms. The van der Waals surface area contributed by atoms with Crippen molar-refractivity contribution in [3.8, 4) is 5.75 Å². The van der Waals surface area contributed by atoms with Crippen molar-refractivity contribution in [3.63, 3.8) is 0 Å². The summed E-state index contributed by atoms with van der Waals surface area (Å²) in [5.74, 6) is 0.0694. The van der Waals surface area contributed by atoms with Gasteiger partial charge in [-0.2, -0.15) is 0 Å². The van der Waals surface area contributed by atoms with Crippen LogP contribution in [0.2, 0.25) is 0 Å². The molecule has 0 fully saturated rings. The number of nitrogens with one attached hydrogen (secondary N) is 2. The lowest BCUT2D eigenvalue weighted by Gasteiger charge is -2.14. The number of fused-ring (bicyclic) bond motifs is 1. The summed E-state index contributed by atoms with van der Waals surface area (Å²) in [7, 11) is 1.55. The van der Waals surface area contributed by atoms with Gasteiger partial charge in [0.05, 0.1) is 23.8 Å². The largest absolute Gasteiger partial charge is 0.497 e. The fourth-order valence-corrected chi connectivity index (χ4v) is 4.60. The minimum atomic E-state index is -0.402. The van der Waals surface area contributed by atoms with Gasteiger partial charge in [0.2, 0.25) is 0 Å². The zero-order valence-electron chi connectivity index (χ0n) is 17.8. The first kappa shape index (κ1) is 22.9. The average molecular weight is 569 g/mol. The number of hydrogen-bond donors (Lipinski definition) is 2.